The highest BCUT2D eigenvalue weighted by Gasteiger charge is 2.15. The smallest absolute Gasteiger partial charge is 0.234 e. The topological polar surface area (TPSA) is 80.0 Å². The number of carbonyl (C=O) groups is 1. The maximum absolute atomic E-state index is 13.9. The Kier molecular flexibility index (Phi) is 4.99. The average molecular weight is 358 g/mol. The highest BCUT2D eigenvalue weighted by Crippen LogP contribution is 2.24. The number of nitrogens with one attached hydrogen (secondary N) is 1. The summed E-state index contributed by atoms with van der Waals surface area (Å²) in [7, 11) is 1.72. The Balaban J connectivity index is 1.65. The maximum Gasteiger partial charge on any atom is 0.234 e. The van der Waals surface area contributed by atoms with Gasteiger partial charge in [-0.1, -0.05) is 23.9 Å². The van der Waals surface area contributed by atoms with Crippen LogP contribution in [0.1, 0.15) is 0 Å². The molecule has 0 aliphatic rings. The first kappa shape index (κ1) is 17.0. The number of carbonyl (C=O) groups excluding carboxylic acids is 1. The summed E-state index contributed by atoms with van der Waals surface area (Å²) in [5.41, 5.74) is 0.950. The molecule has 25 heavy (non-hydrogen) atoms. The first-order valence-electron chi connectivity index (χ1n) is 7.40. The van der Waals surface area contributed by atoms with Crippen LogP contribution in [0.15, 0.2) is 53.7 Å². The first-order valence-corrected chi connectivity index (χ1v) is 8.39. The highest BCUT2D eigenvalue weighted by atomic mass is 32.2. The third-order valence-corrected chi connectivity index (χ3v) is 4.45. The van der Waals surface area contributed by atoms with Crippen LogP contribution in [-0.4, -0.2) is 31.5 Å². The van der Waals surface area contributed by atoms with Crippen molar-refractivity contribution in [2.45, 2.75) is 5.16 Å². The number of aromatic hydroxyl groups is 1. The maximum atomic E-state index is 13.9. The van der Waals surface area contributed by atoms with Crippen LogP contribution in [0.2, 0.25) is 0 Å². The molecule has 128 valence electrons. The van der Waals surface area contributed by atoms with Crippen molar-refractivity contribution in [3.8, 4) is 17.1 Å². The fraction of sp³-hybridized carbons (Fsp3) is 0.118. The molecule has 0 bridgehead atoms. The largest absolute Gasteiger partial charge is 0.508 e. The molecular weight excluding hydrogens is 343 g/mol. The number of amides is 1. The second-order valence-corrected chi connectivity index (χ2v) is 6.17. The van der Waals surface area contributed by atoms with Gasteiger partial charge in [0.15, 0.2) is 11.0 Å². The minimum absolute atomic E-state index is 0.129. The average Bonchev–Trinajstić information content (AvgIpc) is 2.96. The Labute approximate surface area is 147 Å². The van der Waals surface area contributed by atoms with E-state index < -0.39 is 0 Å². The molecular formula is C17H15FN4O2S. The van der Waals surface area contributed by atoms with Crippen LogP contribution in [0, 0.1) is 5.82 Å². The van der Waals surface area contributed by atoms with Crippen molar-refractivity contribution in [1.29, 1.82) is 0 Å². The number of nitrogens with zero attached hydrogens (tertiary/aromatic N) is 3. The molecule has 2 aromatic carbocycles. The van der Waals surface area contributed by atoms with Crippen molar-refractivity contribution in [1.82, 2.24) is 14.8 Å². The van der Waals surface area contributed by atoms with Crippen molar-refractivity contribution in [3.63, 3.8) is 0 Å². The number of rotatable bonds is 5. The lowest BCUT2D eigenvalue weighted by molar-refractivity contribution is -0.113. The normalized spacial score (nSPS) is 10.6. The summed E-state index contributed by atoms with van der Waals surface area (Å²) < 4.78 is 15.5. The number of thioether (sulfide) groups is 1. The van der Waals surface area contributed by atoms with Crippen LogP contribution < -0.4 is 5.32 Å². The summed E-state index contributed by atoms with van der Waals surface area (Å²) in [6, 6.07) is 12.5. The van der Waals surface area contributed by atoms with Gasteiger partial charge >= 0.3 is 0 Å². The zero-order valence-corrected chi connectivity index (χ0v) is 14.1. The molecule has 0 radical (unpaired) electrons. The van der Waals surface area contributed by atoms with Gasteiger partial charge in [0.1, 0.15) is 11.6 Å². The summed E-state index contributed by atoms with van der Waals surface area (Å²) in [5, 5.41) is 20.5. The summed E-state index contributed by atoms with van der Waals surface area (Å²) in [6.07, 6.45) is 0. The molecule has 3 aromatic rings. The molecule has 2 N–H and O–H groups in total. The van der Waals surface area contributed by atoms with E-state index in [1.807, 2.05) is 0 Å². The fourth-order valence-corrected chi connectivity index (χ4v) is 2.90. The lowest BCUT2D eigenvalue weighted by atomic mass is 10.2. The van der Waals surface area contributed by atoms with E-state index in [9.17, 15) is 14.3 Å². The van der Waals surface area contributed by atoms with Crippen LogP contribution in [0.4, 0.5) is 10.1 Å². The van der Waals surface area contributed by atoms with Gasteiger partial charge in [0.2, 0.25) is 5.91 Å². The molecule has 1 heterocycles. The molecule has 0 fully saturated rings. The van der Waals surface area contributed by atoms with Crippen LogP contribution in [0.25, 0.3) is 11.4 Å². The predicted octanol–water partition coefficient (Wildman–Crippen LogP) is 3.06. The molecule has 8 heteroatoms. The van der Waals surface area contributed by atoms with Gasteiger partial charge in [0.25, 0.3) is 0 Å². The van der Waals surface area contributed by atoms with E-state index in [2.05, 4.69) is 15.5 Å². The fourth-order valence-electron chi connectivity index (χ4n) is 2.19. The third-order valence-electron chi connectivity index (χ3n) is 3.43. The Hall–Kier alpha value is -2.87. The Morgan fingerprint density at radius 1 is 1.20 bits per heavy atom. The van der Waals surface area contributed by atoms with E-state index in [1.54, 1.807) is 41.9 Å². The van der Waals surface area contributed by atoms with Gasteiger partial charge in [-0.3, -0.25) is 4.79 Å². The molecule has 3 rings (SSSR count). The van der Waals surface area contributed by atoms with Gasteiger partial charge in [0, 0.05) is 12.7 Å². The predicted molar refractivity (Wildman–Crippen MR) is 93.9 cm³/mol. The van der Waals surface area contributed by atoms with Crippen LogP contribution >= 0.6 is 11.8 Å². The quantitative estimate of drug-likeness (QED) is 0.541. The number of halogens is 1. The van der Waals surface area contributed by atoms with E-state index in [0.717, 1.165) is 0 Å². The lowest BCUT2D eigenvalue weighted by Gasteiger charge is -2.06. The standard InChI is InChI=1S/C17H15FN4O2S/c1-22-16(13-4-2-3-5-14(13)18)20-21-17(22)25-10-15(24)19-11-6-8-12(23)9-7-11/h2-9,23H,10H2,1H3,(H,19,24). The van der Waals surface area contributed by atoms with E-state index >= 15 is 0 Å². The third kappa shape index (κ3) is 3.97. The molecule has 0 atom stereocenters. The lowest BCUT2D eigenvalue weighted by Crippen LogP contribution is -2.14. The van der Waals surface area contributed by atoms with Crippen molar-refractivity contribution < 1.29 is 14.3 Å². The molecule has 0 unspecified atom stereocenters. The van der Waals surface area contributed by atoms with E-state index in [1.165, 1.54) is 30.0 Å². The molecule has 0 spiro atoms. The molecule has 0 saturated carbocycles. The van der Waals surface area contributed by atoms with Crippen molar-refractivity contribution in [3.05, 3.63) is 54.3 Å². The van der Waals surface area contributed by atoms with Crippen LogP contribution in [0.3, 0.4) is 0 Å². The molecule has 6 nitrogen and oxygen atoms in total. The Morgan fingerprint density at radius 2 is 1.92 bits per heavy atom. The minimum Gasteiger partial charge on any atom is -0.508 e. The molecule has 0 aliphatic heterocycles. The zero-order chi connectivity index (χ0) is 17.8. The molecule has 0 saturated heterocycles. The number of phenolic OH excluding ortho intramolecular Hbond substituents is 1. The van der Waals surface area contributed by atoms with Crippen molar-refractivity contribution in [2.75, 3.05) is 11.1 Å². The molecule has 1 aromatic heterocycles. The number of anilines is 1. The van der Waals surface area contributed by atoms with Crippen LogP contribution in [-0.2, 0) is 11.8 Å². The Morgan fingerprint density at radius 3 is 2.64 bits per heavy atom. The number of phenols is 1. The van der Waals surface area contributed by atoms with Gasteiger partial charge in [0.05, 0.1) is 11.3 Å². The monoisotopic (exact) mass is 358 g/mol. The van der Waals surface area contributed by atoms with E-state index in [0.29, 0.717) is 22.2 Å². The van der Waals surface area contributed by atoms with Crippen molar-refractivity contribution in [2.24, 2.45) is 7.05 Å². The van der Waals surface area contributed by atoms with E-state index in [-0.39, 0.29) is 23.2 Å². The van der Waals surface area contributed by atoms with Crippen molar-refractivity contribution >= 4 is 23.4 Å². The van der Waals surface area contributed by atoms with Gasteiger partial charge < -0.3 is 15.0 Å². The number of aromatic nitrogens is 3. The van der Waals surface area contributed by atoms with Crippen LogP contribution in [0.5, 0.6) is 5.75 Å². The summed E-state index contributed by atoms with van der Waals surface area (Å²) >= 11 is 1.20. The van der Waals surface area contributed by atoms with Gasteiger partial charge in [-0.25, -0.2) is 4.39 Å². The first-order chi connectivity index (χ1) is 12.0. The highest BCUT2D eigenvalue weighted by molar-refractivity contribution is 7.99. The van der Waals surface area contributed by atoms with Gasteiger partial charge in [-0.15, -0.1) is 10.2 Å². The SMILES string of the molecule is Cn1c(SCC(=O)Nc2ccc(O)cc2)nnc1-c1ccccc1F. The summed E-state index contributed by atoms with van der Waals surface area (Å²) in [4.78, 5) is 12.0. The van der Waals surface area contributed by atoms with E-state index in [4.69, 9.17) is 0 Å². The zero-order valence-electron chi connectivity index (χ0n) is 13.3. The summed E-state index contributed by atoms with van der Waals surface area (Å²) in [5.74, 6) is 0.0712. The number of hydrogen-bond donors (Lipinski definition) is 2. The summed E-state index contributed by atoms with van der Waals surface area (Å²) in [6.45, 7) is 0. The number of benzene rings is 2. The molecule has 1 amide bonds. The van der Waals surface area contributed by atoms with Gasteiger partial charge in [-0.2, -0.15) is 0 Å². The second-order valence-electron chi connectivity index (χ2n) is 5.23. The minimum atomic E-state index is -0.375. The number of hydrogen-bond acceptors (Lipinski definition) is 5. The second kappa shape index (κ2) is 7.35. The Bertz CT molecular complexity index is 896. The molecule has 0 aliphatic carbocycles. The van der Waals surface area contributed by atoms with Gasteiger partial charge in [-0.05, 0) is 36.4 Å².